The van der Waals surface area contributed by atoms with Crippen LogP contribution in [0, 0.1) is 6.92 Å². The molecule has 0 spiro atoms. The van der Waals surface area contributed by atoms with Crippen LogP contribution in [0.5, 0.6) is 0 Å². The zero-order valence-corrected chi connectivity index (χ0v) is 11.1. The third-order valence-corrected chi connectivity index (χ3v) is 3.78. The fourth-order valence-electron chi connectivity index (χ4n) is 1.50. The summed E-state index contributed by atoms with van der Waals surface area (Å²) in [4.78, 5) is 0. The van der Waals surface area contributed by atoms with Gasteiger partial charge in [-0.05, 0) is 25.0 Å². The number of hydrogen-bond acceptors (Lipinski definition) is 3. The highest BCUT2D eigenvalue weighted by Gasteiger charge is 2.27. The number of benzene rings is 1. The molecule has 0 aliphatic heterocycles. The van der Waals surface area contributed by atoms with E-state index < -0.39 is 34.8 Å². The van der Waals surface area contributed by atoms with Gasteiger partial charge in [-0.2, -0.15) is 13.2 Å². The van der Waals surface area contributed by atoms with Crippen LogP contribution in [0.15, 0.2) is 18.2 Å². The predicted octanol–water partition coefficient (Wildman–Crippen LogP) is 2.66. The molecule has 108 valence electrons. The molecule has 1 rings (SSSR count). The van der Waals surface area contributed by atoms with E-state index in [0.29, 0.717) is 5.56 Å². The number of nitrogens with two attached hydrogens (primary N) is 1. The highest BCUT2D eigenvalue weighted by atomic mass is 32.2. The van der Waals surface area contributed by atoms with Crippen LogP contribution < -0.4 is 10.5 Å². The molecular formula is C11H15F3N2O2S. The Labute approximate surface area is 109 Å². The highest BCUT2D eigenvalue weighted by molar-refractivity contribution is 7.92. The van der Waals surface area contributed by atoms with E-state index in [1.807, 2.05) is 0 Å². The van der Waals surface area contributed by atoms with Gasteiger partial charge in [0.05, 0.1) is 17.1 Å². The van der Waals surface area contributed by atoms with Crippen LogP contribution >= 0.6 is 0 Å². The van der Waals surface area contributed by atoms with E-state index in [1.54, 1.807) is 19.1 Å². The number of nitrogens with one attached hydrogen (secondary N) is 1. The van der Waals surface area contributed by atoms with E-state index >= 15 is 0 Å². The Morgan fingerprint density at radius 1 is 1.32 bits per heavy atom. The number of para-hydroxylation sites is 1. The molecule has 0 radical (unpaired) electrons. The predicted molar refractivity (Wildman–Crippen MR) is 68.3 cm³/mol. The summed E-state index contributed by atoms with van der Waals surface area (Å²) in [5.74, 6) is -0.597. The normalized spacial score (nSPS) is 12.4. The summed E-state index contributed by atoms with van der Waals surface area (Å²) in [6.45, 7) is 1.66. The molecule has 19 heavy (non-hydrogen) atoms. The van der Waals surface area contributed by atoms with Gasteiger partial charge in [-0.3, -0.25) is 4.72 Å². The van der Waals surface area contributed by atoms with Gasteiger partial charge >= 0.3 is 6.18 Å². The molecule has 1 aromatic rings. The van der Waals surface area contributed by atoms with E-state index in [2.05, 4.69) is 4.72 Å². The first-order chi connectivity index (χ1) is 8.61. The topological polar surface area (TPSA) is 72.2 Å². The monoisotopic (exact) mass is 296 g/mol. The number of anilines is 2. The van der Waals surface area contributed by atoms with Crippen LogP contribution in [-0.2, 0) is 10.0 Å². The maximum atomic E-state index is 12.0. The zero-order chi connectivity index (χ0) is 14.7. The first kappa shape index (κ1) is 15.6. The fraction of sp³-hybridized carbons (Fsp3) is 0.455. The van der Waals surface area contributed by atoms with Gasteiger partial charge in [0.25, 0.3) is 0 Å². The molecule has 0 aliphatic carbocycles. The number of nitrogen functional groups attached to an aromatic ring is 1. The summed E-state index contributed by atoms with van der Waals surface area (Å²) in [6.07, 6.45) is -5.96. The average molecular weight is 296 g/mol. The molecule has 0 amide bonds. The summed E-state index contributed by atoms with van der Waals surface area (Å²) < 4.78 is 61.4. The molecule has 0 aromatic heterocycles. The van der Waals surface area contributed by atoms with Crippen LogP contribution in [0.4, 0.5) is 24.5 Å². The first-order valence-corrected chi connectivity index (χ1v) is 7.18. The van der Waals surface area contributed by atoms with Crippen molar-refractivity contribution in [3.05, 3.63) is 23.8 Å². The number of hydrogen-bond donors (Lipinski definition) is 2. The van der Waals surface area contributed by atoms with Crippen LogP contribution in [0.25, 0.3) is 0 Å². The van der Waals surface area contributed by atoms with Crippen LogP contribution in [-0.4, -0.2) is 20.3 Å². The Kier molecular flexibility index (Phi) is 4.67. The minimum atomic E-state index is -4.35. The molecule has 1 aromatic carbocycles. The van der Waals surface area contributed by atoms with Crippen molar-refractivity contribution in [3.63, 3.8) is 0 Å². The van der Waals surface area contributed by atoms with Crippen molar-refractivity contribution in [2.24, 2.45) is 0 Å². The largest absolute Gasteiger partial charge is 0.397 e. The third kappa shape index (κ3) is 5.37. The highest BCUT2D eigenvalue weighted by Crippen LogP contribution is 2.25. The van der Waals surface area contributed by atoms with Crippen LogP contribution in [0.3, 0.4) is 0 Å². The fourth-order valence-corrected chi connectivity index (χ4v) is 2.72. The Balaban J connectivity index is 2.70. The summed E-state index contributed by atoms with van der Waals surface area (Å²) in [6, 6.07) is 4.83. The van der Waals surface area contributed by atoms with Crippen molar-refractivity contribution in [2.45, 2.75) is 25.9 Å². The van der Waals surface area contributed by atoms with Crippen LogP contribution in [0.1, 0.15) is 18.4 Å². The standard InChI is InChI=1S/C11H15F3N2O2S/c1-8-4-2-5-9(15)10(8)16-19(17,18)7-3-6-11(12,13)14/h2,4-5,16H,3,6-7,15H2,1H3. The van der Waals surface area contributed by atoms with Gasteiger partial charge in [0.15, 0.2) is 0 Å². The maximum absolute atomic E-state index is 12.0. The van der Waals surface area contributed by atoms with Crippen molar-refractivity contribution in [1.29, 1.82) is 0 Å². The zero-order valence-electron chi connectivity index (χ0n) is 10.3. The third-order valence-electron chi connectivity index (χ3n) is 2.44. The van der Waals surface area contributed by atoms with E-state index in [9.17, 15) is 21.6 Å². The lowest BCUT2D eigenvalue weighted by Crippen LogP contribution is -2.20. The molecule has 0 atom stereocenters. The van der Waals surface area contributed by atoms with Gasteiger partial charge in [-0.25, -0.2) is 8.42 Å². The van der Waals surface area contributed by atoms with E-state index in [-0.39, 0.29) is 11.4 Å². The van der Waals surface area contributed by atoms with Crippen molar-refractivity contribution < 1.29 is 21.6 Å². The molecule has 0 heterocycles. The Morgan fingerprint density at radius 3 is 2.47 bits per heavy atom. The molecule has 0 aliphatic rings. The smallest absolute Gasteiger partial charge is 0.389 e. The number of halogens is 3. The molecule has 0 saturated carbocycles. The quantitative estimate of drug-likeness (QED) is 0.820. The maximum Gasteiger partial charge on any atom is 0.389 e. The van der Waals surface area contributed by atoms with Gasteiger partial charge in [-0.1, -0.05) is 12.1 Å². The van der Waals surface area contributed by atoms with Crippen molar-refractivity contribution in [2.75, 3.05) is 16.2 Å². The molecule has 0 bridgehead atoms. The molecule has 0 fully saturated rings. The number of rotatable bonds is 5. The Bertz CT molecular complexity index is 521. The van der Waals surface area contributed by atoms with Gasteiger partial charge in [0.2, 0.25) is 10.0 Å². The molecule has 4 nitrogen and oxygen atoms in total. The van der Waals surface area contributed by atoms with E-state index in [0.717, 1.165) is 0 Å². The van der Waals surface area contributed by atoms with Crippen molar-refractivity contribution in [1.82, 2.24) is 0 Å². The van der Waals surface area contributed by atoms with E-state index in [1.165, 1.54) is 6.07 Å². The second kappa shape index (κ2) is 5.68. The van der Waals surface area contributed by atoms with E-state index in [4.69, 9.17) is 5.73 Å². The van der Waals surface area contributed by atoms with Crippen molar-refractivity contribution in [3.8, 4) is 0 Å². The van der Waals surface area contributed by atoms with Gasteiger partial charge < -0.3 is 5.73 Å². The molecule has 8 heteroatoms. The SMILES string of the molecule is Cc1cccc(N)c1NS(=O)(=O)CCCC(F)(F)F. The number of alkyl halides is 3. The van der Waals surface area contributed by atoms with Gasteiger partial charge in [0, 0.05) is 6.42 Å². The molecule has 3 N–H and O–H groups in total. The lowest BCUT2D eigenvalue weighted by Gasteiger charge is -2.13. The average Bonchev–Trinajstić information content (AvgIpc) is 2.21. The molecule has 0 saturated heterocycles. The summed E-state index contributed by atoms with van der Waals surface area (Å²) in [7, 11) is -3.83. The lowest BCUT2D eigenvalue weighted by atomic mass is 10.2. The molecular weight excluding hydrogens is 281 g/mol. The minimum Gasteiger partial charge on any atom is -0.397 e. The minimum absolute atomic E-state index is 0.217. The van der Waals surface area contributed by atoms with Crippen LogP contribution in [0.2, 0.25) is 0 Å². The Hall–Kier alpha value is -1.44. The molecule has 0 unspecified atom stereocenters. The lowest BCUT2D eigenvalue weighted by molar-refractivity contribution is -0.134. The summed E-state index contributed by atoms with van der Waals surface area (Å²) >= 11 is 0. The second-order valence-electron chi connectivity index (χ2n) is 4.18. The number of sulfonamides is 1. The van der Waals surface area contributed by atoms with Gasteiger partial charge in [-0.15, -0.1) is 0 Å². The Morgan fingerprint density at radius 2 is 1.95 bits per heavy atom. The second-order valence-corrected chi connectivity index (χ2v) is 6.02. The number of aryl methyl sites for hydroxylation is 1. The summed E-state index contributed by atoms with van der Waals surface area (Å²) in [5.41, 5.74) is 6.68. The van der Waals surface area contributed by atoms with Crippen molar-refractivity contribution >= 4 is 21.4 Å². The van der Waals surface area contributed by atoms with Gasteiger partial charge in [0.1, 0.15) is 0 Å². The summed E-state index contributed by atoms with van der Waals surface area (Å²) in [5, 5.41) is 0. The first-order valence-electron chi connectivity index (χ1n) is 5.53.